The average molecular weight is 480 g/mol. The van der Waals surface area contributed by atoms with Crippen LogP contribution < -0.4 is 15.4 Å². The fourth-order valence-electron chi connectivity index (χ4n) is 3.30. The van der Waals surface area contributed by atoms with Crippen molar-refractivity contribution in [1.29, 1.82) is 0 Å². The molecule has 11 nitrogen and oxygen atoms in total. The summed E-state index contributed by atoms with van der Waals surface area (Å²) in [4.78, 5) is 31.1. The molecule has 0 radical (unpaired) electrons. The maximum absolute atomic E-state index is 12.1. The molecule has 11 heteroatoms. The Morgan fingerprint density at radius 3 is 2.67 bits per heavy atom. The topological polar surface area (TPSA) is 122 Å². The summed E-state index contributed by atoms with van der Waals surface area (Å²) in [6.45, 7) is 0.505. The third kappa shape index (κ3) is 5.35. The molecule has 0 atom stereocenters. The lowest BCUT2D eigenvalue weighted by Gasteiger charge is -2.11. The van der Waals surface area contributed by atoms with Crippen LogP contribution in [0.25, 0.3) is 16.6 Å². The molecule has 178 valence electrons. The normalized spacial score (nSPS) is 10.8. The molecule has 0 fully saturated rings. The molecule has 2 N–H and O–H groups in total. The number of aromatic nitrogens is 6. The van der Waals surface area contributed by atoms with Gasteiger partial charge in [-0.25, -0.2) is 24.5 Å². The zero-order valence-electron chi connectivity index (χ0n) is 19.5. The predicted molar refractivity (Wildman–Crippen MR) is 135 cm³/mol. The number of benzene rings is 2. The molecule has 0 saturated carbocycles. The van der Waals surface area contributed by atoms with Crippen molar-refractivity contribution < 1.29 is 9.53 Å². The molecule has 2 aromatic carbocycles. The van der Waals surface area contributed by atoms with E-state index in [1.165, 1.54) is 12.7 Å². The first-order chi connectivity index (χ1) is 17.5. The van der Waals surface area contributed by atoms with Crippen molar-refractivity contribution in [2.75, 3.05) is 31.3 Å². The van der Waals surface area contributed by atoms with Gasteiger partial charge in [0.1, 0.15) is 30.5 Å². The number of nitrogens with zero attached hydrogens (tertiary/aromatic N) is 7. The third-order valence-electron chi connectivity index (χ3n) is 4.98. The Bertz CT molecular complexity index is 1600. The van der Waals surface area contributed by atoms with Crippen LogP contribution in [0.1, 0.15) is 0 Å². The summed E-state index contributed by atoms with van der Waals surface area (Å²) in [6, 6.07) is 14.5. The Morgan fingerprint density at radius 2 is 1.83 bits per heavy atom. The number of hydrogen-bond acceptors (Lipinski definition) is 9. The van der Waals surface area contributed by atoms with Gasteiger partial charge in [0.05, 0.1) is 12.1 Å². The van der Waals surface area contributed by atoms with E-state index < -0.39 is 0 Å². The van der Waals surface area contributed by atoms with E-state index >= 15 is 0 Å². The minimum absolute atomic E-state index is 0.379. The Kier molecular flexibility index (Phi) is 6.33. The van der Waals surface area contributed by atoms with Gasteiger partial charge in [0, 0.05) is 22.8 Å². The monoisotopic (exact) mass is 479 g/mol. The predicted octanol–water partition coefficient (Wildman–Crippen LogP) is 3.11. The summed E-state index contributed by atoms with van der Waals surface area (Å²) in [5.74, 6) is 6.65. The van der Waals surface area contributed by atoms with Crippen molar-refractivity contribution in [2.24, 2.45) is 0 Å². The molecule has 0 aliphatic rings. The van der Waals surface area contributed by atoms with Crippen molar-refractivity contribution in [3.05, 3.63) is 67.5 Å². The quantitative estimate of drug-likeness (QED) is 0.354. The maximum atomic E-state index is 12.1. The molecule has 5 rings (SSSR count). The summed E-state index contributed by atoms with van der Waals surface area (Å²) < 4.78 is 7.38. The first-order valence-corrected chi connectivity index (χ1v) is 10.9. The highest BCUT2D eigenvalue weighted by Crippen LogP contribution is 2.27. The van der Waals surface area contributed by atoms with Crippen LogP contribution in [0.15, 0.2) is 67.5 Å². The van der Waals surface area contributed by atoms with Crippen LogP contribution in [0.5, 0.6) is 11.6 Å². The lowest BCUT2D eigenvalue weighted by molar-refractivity contribution is -0.111. The second-order valence-electron chi connectivity index (χ2n) is 7.99. The number of rotatable bonds is 6. The van der Waals surface area contributed by atoms with Gasteiger partial charge in [-0.3, -0.25) is 9.69 Å². The Hall–Kier alpha value is -5.08. The Labute approximate surface area is 206 Å². The van der Waals surface area contributed by atoms with E-state index in [0.717, 1.165) is 16.6 Å². The van der Waals surface area contributed by atoms with Crippen LogP contribution in [0.4, 0.5) is 17.2 Å². The van der Waals surface area contributed by atoms with E-state index in [1.54, 1.807) is 23.0 Å². The summed E-state index contributed by atoms with van der Waals surface area (Å²) >= 11 is 0. The van der Waals surface area contributed by atoms with E-state index in [4.69, 9.17) is 4.74 Å². The number of carbonyl (C=O) groups excluding carboxylic acids is 1. The average Bonchev–Trinajstić information content (AvgIpc) is 3.33. The minimum Gasteiger partial charge on any atom is -0.439 e. The largest absolute Gasteiger partial charge is 0.439 e. The number of fused-ring (bicyclic) bond motifs is 2. The van der Waals surface area contributed by atoms with Gasteiger partial charge >= 0.3 is 0 Å². The Balaban J connectivity index is 1.30. The molecule has 5 aromatic rings. The highest BCUT2D eigenvalue weighted by molar-refractivity contribution is 6.05. The van der Waals surface area contributed by atoms with Crippen molar-refractivity contribution >= 4 is 39.6 Å². The van der Waals surface area contributed by atoms with Crippen molar-refractivity contribution in [2.45, 2.75) is 0 Å². The van der Waals surface area contributed by atoms with Gasteiger partial charge in [-0.1, -0.05) is 5.92 Å². The van der Waals surface area contributed by atoms with Gasteiger partial charge in [0.25, 0.3) is 5.91 Å². The van der Waals surface area contributed by atoms with E-state index in [9.17, 15) is 4.79 Å². The number of amides is 1. The van der Waals surface area contributed by atoms with Crippen molar-refractivity contribution in [3.8, 4) is 23.5 Å². The lowest BCUT2D eigenvalue weighted by Crippen LogP contribution is -2.13. The first-order valence-electron chi connectivity index (χ1n) is 10.9. The zero-order chi connectivity index (χ0) is 24.9. The van der Waals surface area contributed by atoms with Gasteiger partial charge in [-0.05, 0) is 62.5 Å². The van der Waals surface area contributed by atoms with Crippen molar-refractivity contribution in [1.82, 2.24) is 34.4 Å². The first kappa shape index (κ1) is 22.7. The van der Waals surface area contributed by atoms with Crippen LogP contribution in [0.3, 0.4) is 0 Å². The summed E-state index contributed by atoms with van der Waals surface area (Å²) in [6.07, 6.45) is 4.48. The summed E-state index contributed by atoms with van der Waals surface area (Å²) in [7, 11) is 3.78. The van der Waals surface area contributed by atoms with Crippen LogP contribution in [0, 0.1) is 11.8 Å². The van der Waals surface area contributed by atoms with Gasteiger partial charge < -0.3 is 15.4 Å². The van der Waals surface area contributed by atoms with E-state index in [-0.39, 0.29) is 5.91 Å². The molecule has 0 saturated heterocycles. The molecule has 0 spiro atoms. The third-order valence-corrected chi connectivity index (χ3v) is 4.98. The molecule has 1 amide bonds. The fraction of sp³-hybridized carbons (Fsp3) is 0.120. The standard InChI is InChI=1S/C25H21N9O2/c1-33(2)11-3-4-23(35)31-18-7-10-21-20(12-18)25(28-14-26-21)32-17-5-8-19(9-6-17)36-24-13-22-27-15-30-34(22)16-29-24/h5-10,12-16H,11H2,1-2H3,(H,31,35)(H,26,28,32). The second kappa shape index (κ2) is 10.0. The number of anilines is 3. The molecule has 3 heterocycles. The second-order valence-corrected chi connectivity index (χ2v) is 7.99. The molecule has 0 bridgehead atoms. The maximum Gasteiger partial charge on any atom is 0.300 e. The number of hydrogen-bond donors (Lipinski definition) is 2. The van der Waals surface area contributed by atoms with Crippen LogP contribution >= 0.6 is 0 Å². The van der Waals surface area contributed by atoms with Crippen molar-refractivity contribution in [3.63, 3.8) is 0 Å². The lowest BCUT2D eigenvalue weighted by atomic mass is 10.2. The summed E-state index contributed by atoms with van der Waals surface area (Å²) in [5, 5.41) is 10.9. The van der Waals surface area contributed by atoms with E-state index in [0.29, 0.717) is 35.3 Å². The van der Waals surface area contributed by atoms with Crippen LogP contribution in [-0.4, -0.2) is 61.0 Å². The molecule has 36 heavy (non-hydrogen) atoms. The molecular weight excluding hydrogens is 458 g/mol. The van der Waals surface area contributed by atoms with E-state index in [2.05, 4.69) is 47.5 Å². The number of ether oxygens (including phenoxy) is 1. The number of nitrogens with one attached hydrogen (secondary N) is 2. The van der Waals surface area contributed by atoms with Gasteiger partial charge in [-0.15, -0.1) is 0 Å². The zero-order valence-corrected chi connectivity index (χ0v) is 19.5. The molecule has 0 unspecified atom stereocenters. The Morgan fingerprint density at radius 1 is 1.00 bits per heavy atom. The van der Waals surface area contributed by atoms with Gasteiger partial charge in [-0.2, -0.15) is 5.10 Å². The number of carbonyl (C=O) groups is 1. The summed E-state index contributed by atoms with van der Waals surface area (Å²) in [5.41, 5.74) is 2.78. The minimum atomic E-state index is -0.379. The molecule has 0 aliphatic heterocycles. The molecule has 0 aliphatic carbocycles. The SMILES string of the molecule is CN(C)CC#CC(=O)Nc1ccc2ncnc(Nc3ccc(Oc4cc5ncnn5cn4)cc3)c2c1. The van der Waals surface area contributed by atoms with Crippen LogP contribution in [-0.2, 0) is 4.79 Å². The van der Waals surface area contributed by atoms with Crippen LogP contribution in [0.2, 0.25) is 0 Å². The highest BCUT2D eigenvalue weighted by Gasteiger charge is 2.08. The fourth-order valence-corrected chi connectivity index (χ4v) is 3.30. The van der Waals surface area contributed by atoms with Gasteiger partial charge in [0.2, 0.25) is 5.88 Å². The smallest absolute Gasteiger partial charge is 0.300 e. The van der Waals surface area contributed by atoms with E-state index in [1.807, 2.05) is 55.4 Å². The molecule has 3 aromatic heterocycles. The molecular formula is C25H21N9O2. The van der Waals surface area contributed by atoms with Gasteiger partial charge in [0.15, 0.2) is 5.65 Å². The highest BCUT2D eigenvalue weighted by atomic mass is 16.5.